The van der Waals surface area contributed by atoms with E-state index in [0.29, 0.717) is 12.3 Å². The number of carbonyl (C=O) groups excluding carboxylic acids is 1. The Morgan fingerprint density at radius 1 is 1.18 bits per heavy atom. The lowest BCUT2D eigenvalue weighted by molar-refractivity contribution is -0.384. The smallest absolute Gasteiger partial charge is 0.411 e. The number of anilines is 1. The molecule has 0 heterocycles. The molecule has 22 heavy (non-hydrogen) atoms. The fraction of sp³-hybridized carbons (Fsp3) is 0.562. The van der Waals surface area contributed by atoms with Crippen LogP contribution in [-0.4, -0.2) is 17.6 Å². The number of ether oxygens (including phenoxy) is 1. The number of nitrogens with one attached hydrogen (secondary N) is 1. The molecule has 1 aromatic carbocycles. The highest BCUT2D eigenvalue weighted by atomic mass is 16.6. The summed E-state index contributed by atoms with van der Waals surface area (Å²) in [6.45, 7) is 2.56. The number of hydrogen-bond acceptors (Lipinski definition) is 4. The first-order chi connectivity index (χ1) is 10.6. The predicted molar refractivity (Wildman–Crippen MR) is 86.1 cm³/mol. The zero-order chi connectivity index (χ0) is 16.2. The minimum absolute atomic E-state index is 0.0649. The van der Waals surface area contributed by atoms with Crippen molar-refractivity contribution in [2.75, 3.05) is 11.9 Å². The number of benzene rings is 1. The van der Waals surface area contributed by atoms with Crippen molar-refractivity contribution in [3.05, 3.63) is 34.4 Å². The van der Waals surface area contributed by atoms with Crippen LogP contribution in [0.3, 0.4) is 0 Å². The number of amides is 1. The molecule has 0 unspecified atom stereocenters. The van der Waals surface area contributed by atoms with Crippen LogP contribution in [0.15, 0.2) is 24.3 Å². The molecule has 0 atom stereocenters. The third-order valence-corrected chi connectivity index (χ3v) is 3.28. The lowest BCUT2D eigenvalue weighted by atomic mass is 10.1. The molecule has 0 saturated heterocycles. The quantitative estimate of drug-likeness (QED) is 0.379. The molecule has 122 valence electrons. The Bertz CT molecular complexity index is 477. The van der Waals surface area contributed by atoms with Gasteiger partial charge in [-0.1, -0.05) is 51.5 Å². The molecule has 0 aromatic heterocycles. The SMILES string of the molecule is CCCCCCCCCOC(=O)Nc1cccc([N+](=O)[O-])c1. The van der Waals surface area contributed by atoms with Gasteiger partial charge in [-0.25, -0.2) is 4.79 Å². The van der Waals surface area contributed by atoms with Crippen molar-refractivity contribution in [3.8, 4) is 0 Å². The molecule has 0 fully saturated rings. The van der Waals surface area contributed by atoms with Gasteiger partial charge in [0.1, 0.15) is 0 Å². The second-order valence-corrected chi connectivity index (χ2v) is 5.19. The molecule has 1 rings (SSSR count). The standard InChI is InChI=1S/C16H24N2O4/c1-2-3-4-5-6-7-8-12-22-16(19)17-14-10-9-11-15(13-14)18(20)21/h9-11,13H,2-8,12H2,1H3,(H,17,19). The number of carbonyl (C=O) groups is 1. The highest BCUT2D eigenvalue weighted by Crippen LogP contribution is 2.17. The van der Waals surface area contributed by atoms with Crippen LogP contribution in [0.4, 0.5) is 16.2 Å². The average molecular weight is 308 g/mol. The Labute approximate surface area is 131 Å². The maximum absolute atomic E-state index is 11.6. The molecular formula is C16H24N2O4. The number of non-ortho nitro benzene ring substituents is 1. The topological polar surface area (TPSA) is 81.5 Å². The average Bonchev–Trinajstić information content (AvgIpc) is 2.50. The molecule has 0 saturated carbocycles. The van der Waals surface area contributed by atoms with E-state index >= 15 is 0 Å². The van der Waals surface area contributed by atoms with Crippen molar-refractivity contribution in [2.24, 2.45) is 0 Å². The van der Waals surface area contributed by atoms with Crippen LogP contribution in [0.25, 0.3) is 0 Å². The van der Waals surface area contributed by atoms with E-state index in [-0.39, 0.29) is 5.69 Å². The number of nitro benzene ring substituents is 1. The molecule has 0 aliphatic heterocycles. The molecule has 6 heteroatoms. The Hall–Kier alpha value is -2.11. The summed E-state index contributed by atoms with van der Waals surface area (Å²) in [5, 5.41) is 13.1. The van der Waals surface area contributed by atoms with Crippen LogP contribution in [0.1, 0.15) is 51.9 Å². The van der Waals surface area contributed by atoms with Crippen LogP contribution in [0.2, 0.25) is 0 Å². The van der Waals surface area contributed by atoms with Crippen molar-refractivity contribution in [2.45, 2.75) is 51.9 Å². The fourth-order valence-electron chi connectivity index (χ4n) is 2.08. The predicted octanol–water partition coefficient (Wildman–Crippen LogP) is 4.89. The van der Waals surface area contributed by atoms with Gasteiger partial charge in [0.2, 0.25) is 0 Å². The van der Waals surface area contributed by atoms with Gasteiger partial charge in [-0.3, -0.25) is 15.4 Å². The molecule has 0 spiro atoms. The van der Waals surface area contributed by atoms with Crippen molar-refractivity contribution in [1.29, 1.82) is 0 Å². The van der Waals surface area contributed by atoms with Gasteiger partial charge in [-0.05, 0) is 12.5 Å². The summed E-state index contributed by atoms with van der Waals surface area (Å²) in [5.74, 6) is 0. The number of hydrogen-bond donors (Lipinski definition) is 1. The van der Waals surface area contributed by atoms with Crippen LogP contribution in [0, 0.1) is 10.1 Å². The molecular weight excluding hydrogens is 284 g/mol. The van der Waals surface area contributed by atoms with E-state index < -0.39 is 11.0 Å². The zero-order valence-electron chi connectivity index (χ0n) is 13.0. The molecule has 0 bridgehead atoms. The van der Waals surface area contributed by atoms with Gasteiger partial charge < -0.3 is 4.74 Å². The monoisotopic (exact) mass is 308 g/mol. The largest absolute Gasteiger partial charge is 0.449 e. The van der Waals surface area contributed by atoms with E-state index in [2.05, 4.69) is 12.2 Å². The fourth-order valence-corrected chi connectivity index (χ4v) is 2.08. The first-order valence-corrected chi connectivity index (χ1v) is 7.81. The number of unbranched alkanes of at least 4 members (excludes halogenated alkanes) is 6. The van der Waals surface area contributed by atoms with E-state index in [4.69, 9.17) is 4.74 Å². The third kappa shape index (κ3) is 7.61. The molecule has 0 radical (unpaired) electrons. The maximum atomic E-state index is 11.6. The Morgan fingerprint density at radius 2 is 1.86 bits per heavy atom. The van der Waals surface area contributed by atoms with Gasteiger partial charge in [0.15, 0.2) is 0 Å². The Balaban J connectivity index is 2.16. The van der Waals surface area contributed by atoms with Crippen molar-refractivity contribution in [1.82, 2.24) is 0 Å². The summed E-state index contributed by atoms with van der Waals surface area (Å²) in [6.07, 6.45) is 7.49. The number of rotatable bonds is 10. The van der Waals surface area contributed by atoms with Crippen LogP contribution >= 0.6 is 0 Å². The van der Waals surface area contributed by atoms with Gasteiger partial charge in [-0.15, -0.1) is 0 Å². The Morgan fingerprint density at radius 3 is 2.55 bits per heavy atom. The summed E-state index contributed by atoms with van der Waals surface area (Å²) in [7, 11) is 0. The molecule has 6 nitrogen and oxygen atoms in total. The van der Waals surface area contributed by atoms with Gasteiger partial charge in [-0.2, -0.15) is 0 Å². The van der Waals surface area contributed by atoms with E-state index in [0.717, 1.165) is 19.3 Å². The summed E-state index contributed by atoms with van der Waals surface area (Å²) < 4.78 is 5.05. The molecule has 1 aromatic rings. The summed E-state index contributed by atoms with van der Waals surface area (Å²) >= 11 is 0. The van der Waals surface area contributed by atoms with E-state index in [1.54, 1.807) is 6.07 Å². The normalized spacial score (nSPS) is 10.2. The van der Waals surface area contributed by atoms with E-state index in [1.165, 1.54) is 43.9 Å². The number of nitrogens with zero attached hydrogens (tertiary/aromatic N) is 1. The van der Waals surface area contributed by atoms with Crippen molar-refractivity contribution < 1.29 is 14.5 Å². The van der Waals surface area contributed by atoms with Gasteiger partial charge in [0.05, 0.1) is 17.2 Å². The number of nitro groups is 1. The minimum atomic E-state index is -0.577. The van der Waals surface area contributed by atoms with Crippen molar-refractivity contribution in [3.63, 3.8) is 0 Å². The van der Waals surface area contributed by atoms with E-state index in [1.807, 2.05) is 0 Å². The molecule has 1 amide bonds. The van der Waals surface area contributed by atoms with Gasteiger partial charge in [0, 0.05) is 12.1 Å². The lowest BCUT2D eigenvalue weighted by Crippen LogP contribution is -2.14. The Kier molecular flexibility index (Phi) is 8.64. The third-order valence-electron chi connectivity index (χ3n) is 3.28. The second-order valence-electron chi connectivity index (χ2n) is 5.19. The van der Waals surface area contributed by atoms with E-state index in [9.17, 15) is 14.9 Å². The lowest BCUT2D eigenvalue weighted by Gasteiger charge is -2.07. The van der Waals surface area contributed by atoms with Crippen LogP contribution in [-0.2, 0) is 4.74 Å². The van der Waals surface area contributed by atoms with Gasteiger partial charge in [0.25, 0.3) is 5.69 Å². The van der Waals surface area contributed by atoms with Gasteiger partial charge >= 0.3 is 6.09 Å². The summed E-state index contributed by atoms with van der Waals surface area (Å²) in [5.41, 5.74) is 0.295. The van der Waals surface area contributed by atoms with Crippen LogP contribution < -0.4 is 5.32 Å². The highest BCUT2D eigenvalue weighted by molar-refractivity contribution is 5.85. The molecule has 0 aliphatic carbocycles. The summed E-state index contributed by atoms with van der Waals surface area (Å²) in [4.78, 5) is 21.7. The maximum Gasteiger partial charge on any atom is 0.411 e. The molecule has 0 aliphatic rings. The van der Waals surface area contributed by atoms with Crippen molar-refractivity contribution >= 4 is 17.5 Å². The van der Waals surface area contributed by atoms with Crippen LogP contribution in [0.5, 0.6) is 0 Å². The zero-order valence-corrected chi connectivity index (χ0v) is 13.0. The minimum Gasteiger partial charge on any atom is -0.449 e. The first kappa shape index (κ1) is 17.9. The summed E-state index contributed by atoms with van der Waals surface area (Å²) in [6, 6.07) is 5.77. The highest BCUT2D eigenvalue weighted by Gasteiger charge is 2.08. The molecule has 1 N–H and O–H groups in total. The second kappa shape index (κ2) is 10.6. The first-order valence-electron chi connectivity index (χ1n) is 7.81.